The first-order chi connectivity index (χ1) is 10.7. The minimum Gasteiger partial charge on any atom is -0.481 e. The van der Waals surface area contributed by atoms with Crippen LogP contribution in [0.15, 0.2) is 30.3 Å². The molecule has 4 nitrogen and oxygen atoms in total. The van der Waals surface area contributed by atoms with E-state index in [1.165, 1.54) is 7.11 Å². The molecule has 0 aliphatic heterocycles. The monoisotopic (exact) mass is 320 g/mol. The fourth-order valence-corrected chi connectivity index (χ4v) is 2.94. The van der Waals surface area contributed by atoms with Crippen LogP contribution >= 0.6 is 0 Å². The number of benzene rings is 1. The van der Waals surface area contributed by atoms with Gasteiger partial charge in [-0.05, 0) is 51.5 Å². The zero-order valence-electron chi connectivity index (χ0n) is 14.8. The predicted octanol–water partition coefficient (Wildman–Crippen LogP) is 4.25. The van der Waals surface area contributed by atoms with E-state index in [0.717, 1.165) is 5.56 Å². The van der Waals surface area contributed by atoms with E-state index in [9.17, 15) is 14.7 Å². The maximum atomic E-state index is 12.0. The SMILES string of the molecule is CCC(C)(CC(CC(C)(C)C(=O)OC)c1ccccc1)C(=O)O. The van der Waals surface area contributed by atoms with Gasteiger partial charge in [-0.15, -0.1) is 0 Å². The van der Waals surface area contributed by atoms with Crippen molar-refractivity contribution in [1.29, 1.82) is 0 Å². The summed E-state index contributed by atoms with van der Waals surface area (Å²) in [5.41, 5.74) is -0.417. The normalized spacial score (nSPS) is 15.5. The molecule has 4 heteroatoms. The molecule has 0 spiro atoms. The summed E-state index contributed by atoms with van der Waals surface area (Å²) >= 11 is 0. The van der Waals surface area contributed by atoms with Crippen molar-refractivity contribution in [3.8, 4) is 0 Å². The highest BCUT2D eigenvalue weighted by molar-refractivity contribution is 5.76. The van der Waals surface area contributed by atoms with Crippen molar-refractivity contribution in [3.05, 3.63) is 35.9 Å². The van der Waals surface area contributed by atoms with Gasteiger partial charge in [0.25, 0.3) is 0 Å². The van der Waals surface area contributed by atoms with Crippen molar-refractivity contribution >= 4 is 11.9 Å². The molecular formula is C19H28O4. The number of rotatable bonds is 8. The lowest BCUT2D eigenvalue weighted by Crippen LogP contribution is -2.33. The third-order valence-corrected chi connectivity index (χ3v) is 4.76. The molecule has 0 bridgehead atoms. The Bertz CT molecular complexity index is 536. The first kappa shape index (κ1) is 19.2. The third kappa shape index (κ3) is 4.81. The lowest BCUT2D eigenvalue weighted by molar-refractivity contribution is -0.151. The lowest BCUT2D eigenvalue weighted by atomic mass is 9.71. The van der Waals surface area contributed by atoms with Crippen LogP contribution in [0, 0.1) is 10.8 Å². The van der Waals surface area contributed by atoms with Gasteiger partial charge in [0.2, 0.25) is 0 Å². The van der Waals surface area contributed by atoms with Gasteiger partial charge < -0.3 is 9.84 Å². The van der Waals surface area contributed by atoms with Gasteiger partial charge in [-0.2, -0.15) is 0 Å². The van der Waals surface area contributed by atoms with Gasteiger partial charge in [0.1, 0.15) is 0 Å². The van der Waals surface area contributed by atoms with E-state index in [-0.39, 0.29) is 11.9 Å². The van der Waals surface area contributed by atoms with Gasteiger partial charge in [0.15, 0.2) is 0 Å². The third-order valence-electron chi connectivity index (χ3n) is 4.76. The second-order valence-electron chi connectivity index (χ2n) is 7.11. The molecule has 2 atom stereocenters. The lowest BCUT2D eigenvalue weighted by Gasteiger charge is -2.33. The molecule has 2 unspecified atom stereocenters. The highest BCUT2D eigenvalue weighted by atomic mass is 16.5. The molecule has 128 valence electrons. The minimum absolute atomic E-state index is 0.0219. The maximum absolute atomic E-state index is 12.0. The van der Waals surface area contributed by atoms with Crippen molar-refractivity contribution in [2.24, 2.45) is 10.8 Å². The minimum atomic E-state index is -0.813. The number of carbonyl (C=O) groups is 2. The number of carbonyl (C=O) groups excluding carboxylic acids is 1. The molecule has 0 fully saturated rings. The number of hydrogen-bond donors (Lipinski definition) is 1. The van der Waals surface area contributed by atoms with E-state index >= 15 is 0 Å². The topological polar surface area (TPSA) is 63.6 Å². The average molecular weight is 320 g/mol. The van der Waals surface area contributed by atoms with E-state index in [2.05, 4.69) is 0 Å². The number of ether oxygens (including phenoxy) is 1. The number of aliphatic carboxylic acids is 1. The molecule has 1 N–H and O–H groups in total. The summed E-state index contributed by atoms with van der Waals surface area (Å²) in [7, 11) is 1.38. The van der Waals surface area contributed by atoms with Crippen LogP contribution in [0.4, 0.5) is 0 Å². The summed E-state index contributed by atoms with van der Waals surface area (Å²) in [6.07, 6.45) is 1.58. The van der Waals surface area contributed by atoms with Crippen molar-refractivity contribution in [3.63, 3.8) is 0 Å². The summed E-state index contributed by atoms with van der Waals surface area (Å²) in [6, 6.07) is 9.81. The maximum Gasteiger partial charge on any atom is 0.311 e. The van der Waals surface area contributed by atoms with E-state index in [0.29, 0.717) is 19.3 Å². The zero-order valence-corrected chi connectivity index (χ0v) is 14.8. The molecule has 1 rings (SSSR count). The molecule has 0 aliphatic carbocycles. The largest absolute Gasteiger partial charge is 0.481 e. The van der Waals surface area contributed by atoms with Crippen molar-refractivity contribution in [2.75, 3.05) is 7.11 Å². The van der Waals surface area contributed by atoms with Crippen molar-refractivity contribution < 1.29 is 19.4 Å². The number of methoxy groups -OCH3 is 1. The molecule has 1 aromatic carbocycles. The number of carboxylic acids is 1. The Morgan fingerprint density at radius 3 is 2.13 bits per heavy atom. The van der Waals surface area contributed by atoms with Crippen LogP contribution in [0.5, 0.6) is 0 Å². The van der Waals surface area contributed by atoms with Gasteiger partial charge in [0.05, 0.1) is 17.9 Å². The predicted molar refractivity (Wildman–Crippen MR) is 90.2 cm³/mol. The van der Waals surface area contributed by atoms with Crippen LogP contribution in [-0.2, 0) is 14.3 Å². The van der Waals surface area contributed by atoms with E-state index in [4.69, 9.17) is 4.74 Å². The summed E-state index contributed by atoms with van der Waals surface area (Å²) in [5.74, 6) is -1.09. The first-order valence-electron chi connectivity index (χ1n) is 8.03. The van der Waals surface area contributed by atoms with Crippen LogP contribution in [0.3, 0.4) is 0 Å². The molecule has 0 saturated carbocycles. The van der Waals surface area contributed by atoms with Crippen LogP contribution in [0.1, 0.15) is 58.4 Å². The molecular weight excluding hydrogens is 292 g/mol. The molecule has 1 aromatic rings. The fraction of sp³-hybridized carbons (Fsp3) is 0.579. The summed E-state index contributed by atoms with van der Waals surface area (Å²) in [6.45, 7) is 7.36. The van der Waals surface area contributed by atoms with Crippen molar-refractivity contribution in [2.45, 2.75) is 52.9 Å². The van der Waals surface area contributed by atoms with Gasteiger partial charge in [-0.25, -0.2) is 0 Å². The Kier molecular flexibility index (Phi) is 6.37. The molecule has 23 heavy (non-hydrogen) atoms. The molecule has 0 radical (unpaired) electrons. The highest BCUT2D eigenvalue weighted by Crippen LogP contribution is 2.41. The Hall–Kier alpha value is -1.84. The van der Waals surface area contributed by atoms with Crippen LogP contribution < -0.4 is 0 Å². The second kappa shape index (κ2) is 7.62. The van der Waals surface area contributed by atoms with Crippen LogP contribution in [-0.4, -0.2) is 24.2 Å². The molecule has 0 amide bonds. The number of hydrogen-bond acceptors (Lipinski definition) is 3. The Morgan fingerprint density at radius 1 is 1.13 bits per heavy atom. The van der Waals surface area contributed by atoms with Crippen molar-refractivity contribution in [1.82, 2.24) is 0 Å². The average Bonchev–Trinajstić information content (AvgIpc) is 2.53. The van der Waals surface area contributed by atoms with Gasteiger partial charge in [-0.1, -0.05) is 37.3 Å². The Morgan fingerprint density at radius 2 is 1.70 bits per heavy atom. The summed E-state index contributed by atoms with van der Waals surface area (Å²) in [4.78, 5) is 23.7. The van der Waals surface area contributed by atoms with Gasteiger partial charge >= 0.3 is 11.9 Å². The van der Waals surface area contributed by atoms with Crippen LogP contribution in [0.2, 0.25) is 0 Å². The van der Waals surface area contributed by atoms with E-state index in [1.807, 2.05) is 51.1 Å². The molecule has 0 aromatic heterocycles. The molecule has 0 saturated heterocycles. The quantitative estimate of drug-likeness (QED) is 0.727. The van der Waals surface area contributed by atoms with Gasteiger partial charge in [0, 0.05) is 0 Å². The molecule has 0 heterocycles. The zero-order chi connectivity index (χ0) is 17.7. The summed E-state index contributed by atoms with van der Waals surface area (Å²) < 4.78 is 4.90. The number of carboxylic acid groups (broad SMARTS) is 1. The Labute approximate surface area is 138 Å². The molecule has 0 aliphatic rings. The highest BCUT2D eigenvalue weighted by Gasteiger charge is 2.38. The Balaban J connectivity index is 3.14. The first-order valence-corrected chi connectivity index (χ1v) is 8.03. The standard InChI is InChI=1S/C19H28O4/c1-6-19(4,16(20)21)13-15(14-10-8-7-9-11-14)12-18(2,3)17(22)23-5/h7-11,15H,6,12-13H2,1-5H3,(H,20,21). The number of esters is 1. The fourth-order valence-electron chi connectivity index (χ4n) is 2.94. The summed E-state index contributed by atoms with van der Waals surface area (Å²) in [5, 5.41) is 9.59. The van der Waals surface area contributed by atoms with Gasteiger partial charge in [-0.3, -0.25) is 9.59 Å². The second-order valence-corrected chi connectivity index (χ2v) is 7.11. The van der Waals surface area contributed by atoms with E-state index < -0.39 is 16.8 Å². The van der Waals surface area contributed by atoms with Crippen LogP contribution in [0.25, 0.3) is 0 Å². The smallest absolute Gasteiger partial charge is 0.311 e. The van der Waals surface area contributed by atoms with E-state index in [1.54, 1.807) is 6.92 Å².